The van der Waals surface area contributed by atoms with Gasteiger partial charge in [-0.15, -0.1) is 0 Å². The molecule has 1 heterocycles. The van der Waals surface area contributed by atoms with E-state index in [2.05, 4.69) is 48.1 Å². The number of hydrogen-bond donors (Lipinski definition) is 3. The Morgan fingerprint density at radius 1 is 0.343 bits per heavy atom. The van der Waals surface area contributed by atoms with Crippen molar-refractivity contribution in [3.63, 3.8) is 0 Å². The number of aliphatic hydroxyl groups is 1. The third kappa shape index (κ3) is 41.2. The largest absolute Gasteiger partial charge is 0.392 e. The monoisotopic (exact) mass is 945 g/mol. The van der Waals surface area contributed by atoms with Crippen LogP contribution in [0.2, 0.25) is 0 Å². The summed E-state index contributed by atoms with van der Waals surface area (Å²) in [5.74, 6) is 0.00000142. The Hall–Kier alpha value is -1.18. The molecule has 0 aliphatic carbocycles. The van der Waals surface area contributed by atoms with E-state index in [4.69, 9.17) is 0 Å². The normalized spacial score (nSPS) is 15.8. The molecular formula is C60H120N4O3. The summed E-state index contributed by atoms with van der Waals surface area (Å²) >= 11 is 0. The van der Waals surface area contributed by atoms with Crippen LogP contribution in [0.25, 0.3) is 0 Å². The molecule has 0 aromatic carbocycles. The molecule has 398 valence electrons. The van der Waals surface area contributed by atoms with Crippen LogP contribution < -0.4 is 10.6 Å². The molecule has 0 saturated carbocycles. The van der Waals surface area contributed by atoms with Crippen LogP contribution in [-0.2, 0) is 9.59 Å². The minimum atomic E-state index is -0.427. The number of amides is 2. The Kier molecular flexibility index (Phi) is 47.4. The number of piperazine rings is 1. The molecule has 0 aromatic rings. The van der Waals surface area contributed by atoms with Gasteiger partial charge in [0, 0.05) is 6.54 Å². The zero-order valence-corrected chi connectivity index (χ0v) is 46.0. The van der Waals surface area contributed by atoms with Crippen molar-refractivity contribution in [2.45, 2.75) is 335 Å². The summed E-state index contributed by atoms with van der Waals surface area (Å²) in [6.07, 6.45) is 57.3. The first-order valence-electron chi connectivity index (χ1n) is 30.7. The molecule has 67 heavy (non-hydrogen) atoms. The summed E-state index contributed by atoms with van der Waals surface area (Å²) in [7, 11) is 0. The standard InChI is InChI=1S/C60H120N4O3/c1-5-9-13-17-21-25-28-32-36-42-50-63(51-43-37-33-29-26-22-18-14-10-6-2)52-45-40-48-57-59(66)62-58(60(67)61-57)49-41-46-54-64(53-44-38-34-30-27-23-19-15-11-7-3)55-56(65)47-39-35-31-24-20-16-12-8-4/h56-58,65H,5-55H2,1-4H3,(H,61,67)(H,62,66)/t56-,57+,58-/m0/s1. The van der Waals surface area contributed by atoms with E-state index in [0.717, 1.165) is 71.1 Å². The van der Waals surface area contributed by atoms with Gasteiger partial charge in [0.25, 0.3) is 0 Å². The van der Waals surface area contributed by atoms with Crippen LogP contribution in [0.15, 0.2) is 0 Å². The van der Waals surface area contributed by atoms with Gasteiger partial charge in [-0.3, -0.25) is 9.59 Å². The second-order valence-corrected chi connectivity index (χ2v) is 21.7. The number of unbranched alkanes of at least 4 members (excludes halogenated alkanes) is 36. The molecule has 1 rings (SSSR count). The number of nitrogens with zero attached hydrogens (tertiary/aromatic N) is 2. The van der Waals surface area contributed by atoms with Crippen LogP contribution in [-0.4, -0.2) is 84.2 Å². The molecule has 7 nitrogen and oxygen atoms in total. The van der Waals surface area contributed by atoms with Crippen molar-refractivity contribution in [2.75, 3.05) is 39.3 Å². The van der Waals surface area contributed by atoms with Gasteiger partial charge < -0.3 is 25.5 Å². The van der Waals surface area contributed by atoms with E-state index in [9.17, 15) is 14.7 Å². The molecular weight excluding hydrogens is 825 g/mol. The first-order chi connectivity index (χ1) is 32.9. The highest BCUT2D eigenvalue weighted by Crippen LogP contribution is 2.18. The maximum atomic E-state index is 13.3. The fourth-order valence-electron chi connectivity index (χ4n) is 10.5. The maximum Gasteiger partial charge on any atom is 0.243 e. The first kappa shape index (κ1) is 63.8. The van der Waals surface area contributed by atoms with Crippen molar-refractivity contribution in [3.05, 3.63) is 0 Å². The van der Waals surface area contributed by atoms with Gasteiger partial charge in [-0.2, -0.15) is 0 Å². The van der Waals surface area contributed by atoms with E-state index in [0.29, 0.717) is 6.42 Å². The van der Waals surface area contributed by atoms with Crippen molar-refractivity contribution >= 4 is 11.8 Å². The lowest BCUT2D eigenvalue weighted by molar-refractivity contribution is -0.137. The fourth-order valence-corrected chi connectivity index (χ4v) is 10.5. The molecule has 1 aliphatic heterocycles. The first-order valence-corrected chi connectivity index (χ1v) is 30.7. The van der Waals surface area contributed by atoms with Gasteiger partial charge >= 0.3 is 0 Å². The Bertz CT molecular complexity index is 1020. The Morgan fingerprint density at radius 2 is 0.582 bits per heavy atom. The van der Waals surface area contributed by atoms with Gasteiger partial charge in [0.1, 0.15) is 12.1 Å². The molecule has 3 atom stereocenters. The van der Waals surface area contributed by atoms with Crippen molar-refractivity contribution in [1.29, 1.82) is 0 Å². The summed E-state index contributed by atoms with van der Waals surface area (Å²) in [5.41, 5.74) is 0. The third-order valence-electron chi connectivity index (χ3n) is 15.0. The van der Waals surface area contributed by atoms with E-state index in [-0.39, 0.29) is 17.9 Å². The van der Waals surface area contributed by atoms with E-state index in [1.807, 2.05) is 0 Å². The molecule has 3 N–H and O–H groups in total. The SMILES string of the molecule is CCCCCCCCCCCCN(CCCCCCCCCCCC)CCCC[C@H]1NC(=O)[C@H](CCCCN(CCCCCCCCCCCC)C[C@@H](O)CCCCCCCCCC)NC1=O. The highest BCUT2D eigenvalue weighted by atomic mass is 16.3. The smallest absolute Gasteiger partial charge is 0.243 e. The lowest BCUT2D eigenvalue weighted by Crippen LogP contribution is -2.61. The van der Waals surface area contributed by atoms with E-state index in [1.165, 1.54) is 251 Å². The van der Waals surface area contributed by atoms with Gasteiger partial charge in [0.05, 0.1) is 6.10 Å². The molecule has 1 fully saturated rings. The van der Waals surface area contributed by atoms with Crippen molar-refractivity contribution in [3.8, 4) is 0 Å². The van der Waals surface area contributed by atoms with Crippen LogP contribution in [0.3, 0.4) is 0 Å². The number of nitrogens with one attached hydrogen (secondary N) is 2. The summed E-state index contributed by atoms with van der Waals surface area (Å²) in [4.78, 5) is 31.7. The molecule has 1 aliphatic rings. The molecule has 0 spiro atoms. The summed E-state index contributed by atoms with van der Waals surface area (Å²) < 4.78 is 0. The zero-order chi connectivity index (χ0) is 48.5. The number of rotatable bonds is 54. The van der Waals surface area contributed by atoms with Gasteiger partial charge in [-0.1, -0.05) is 252 Å². The van der Waals surface area contributed by atoms with Crippen LogP contribution in [0, 0.1) is 0 Å². The predicted molar refractivity (Wildman–Crippen MR) is 293 cm³/mol. The maximum absolute atomic E-state index is 13.3. The Morgan fingerprint density at radius 3 is 0.881 bits per heavy atom. The Balaban J connectivity index is 2.47. The second-order valence-electron chi connectivity index (χ2n) is 21.7. The van der Waals surface area contributed by atoms with Crippen molar-refractivity contribution in [2.24, 2.45) is 0 Å². The van der Waals surface area contributed by atoms with E-state index in [1.54, 1.807) is 0 Å². The zero-order valence-electron chi connectivity index (χ0n) is 46.0. The molecule has 0 aromatic heterocycles. The molecule has 0 bridgehead atoms. The quantitative estimate of drug-likeness (QED) is 0.0529. The molecule has 0 unspecified atom stereocenters. The summed E-state index contributed by atoms with van der Waals surface area (Å²) in [6, 6.07) is -0.829. The van der Waals surface area contributed by atoms with Crippen molar-refractivity contribution < 1.29 is 14.7 Å². The van der Waals surface area contributed by atoms with Crippen LogP contribution in [0.5, 0.6) is 0 Å². The second kappa shape index (κ2) is 49.8. The molecule has 7 heteroatoms. The average Bonchev–Trinajstić information content (AvgIpc) is 3.32. The van der Waals surface area contributed by atoms with Gasteiger partial charge in [0.2, 0.25) is 11.8 Å². The van der Waals surface area contributed by atoms with Crippen LogP contribution >= 0.6 is 0 Å². The average molecular weight is 946 g/mol. The number of carbonyl (C=O) groups is 2. The summed E-state index contributed by atoms with van der Waals surface area (Å²) in [6.45, 7) is 15.4. The van der Waals surface area contributed by atoms with Crippen LogP contribution in [0.4, 0.5) is 0 Å². The highest BCUT2D eigenvalue weighted by molar-refractivity contribution is 5.96. The summed E-state index contributed by atoms with van der Waals surface area (Å²) in [5, 5.41) is 17.3. The van der Waals surface area contributed by atoms with Crippen molar-refractivity contribution in [1.82, 2.24) is 20.4 Å². The third-order valence-corrected chi connectivity index (χ3v) is 15.0. The minimum absolute atomic E-state index is 0.00356. The number of aliphatic hydroxyl groups excluding tert-OH is 1. The molecule has 2 amide bonds. The van der Waals surface area contributed by atoms with E-state index >= 15 is 0 Å². The molecule has 1 saturated heterocycles. The highest BCUT2D eigenvalue weighted by Gasteiger charge is 2.32. The molecule has 0 radical (unpaired) electrons. The predicted octanol–water partition coefficient (Wildman–Crippen LogP) is 16.6. The minimum Gasteiger partial charge on any atom is -0.392 e. The lowest BCUT2D eigenvalue weighted by Gasteiger charge is -2.30. The fraction of sp³-hybridized carbons (Fsp3) is 0.967. The van der Waals surface area contributed by atoms with E-state index < -0.39 is 12.1 Å². The topological polar surface area (TPSA) is 84.9 Å². The van der Waals surface area contributed by atoms with Gasteiger partial charge in [-0.05, 0) is 96.9 Å². The van der Waals surface area contributed by atoms with Crippen LogP contribution in [0.1, 0.15) is 317 Å². The Labute approximate surface area is 419 Å². The number of carbonyl (C=O) groups excluding carboxylic acids is 2. The van der Waals surface area contributed by atoms with Gasteiger partial charge in [-0.25, -0.2) is 0 Å². The van der Waals surface area contributed by atoms with Gasteiger partial charge in [0.15, 0.2) is 0 Å². The lowest BCUT2D eigenvalue weighted by atomic mass is 10.0. The number of hydrogen-bond acceptors (Lipinski definition) is 5.